The summed E-state index contributed by atoms with van der Waals surface area (Å²) in [5.41, 5.74) is 2.37. The number of aromatic nitrogens is 2. The van der Waals surface area contributed by atoms with Crippen molar-refractivity contribution in [2.75, 3.05) is 6.54 Å². The van der Waals surface area contributed by atoms with Crippen molar-refractivity contribution in [3.63, 3.8) is 0 Å². The average Bonchev–Trinajstić information content (AvgIpc) is 2.82. The zero-order chi connectivity index (χ0) is 15.2. The van der Waals surface area contributed by atoms with E-state index in [2.05, 4.69) is 64.5 Å². The Morgan fingerprint density at radius 2 is 2.00 bits per heavy atom. The first-order valence-corrected chi connectivity index (χ1v) is 8.51. The van der Waals surface area contributed by atoms with E-state index in [1.165, 1.54) is 5.56 Å². The van der Waals surface area contributed by atoms with Gasteiger partial charge in [0.1, 0.15) is 0 Å². The van der Waals surface area contributed by atoms with Crippen LogP contribution in [0.25, 0.3) is 0 Å². The Morgan fingerprint density at radius 3 is 2.62 bits per heavy atom. The van der Waals surface area contributed by atoms with Gasteiger partial charge < -0.3 is 5.32 Å². The number of nitrogens with zero attached hydrogens (tertiary/aromatic N) is 2. The van der Waals surface area contributed by atoms with Crippen molar-refractivity contribution in [3.05, 3.63) is 51.2 Å². The predicted molar refractivity (Wildman–Crippen MR) is 91.8 cm³/mol. The minimum Gasteiger partial charge on any atom is -0.309 e. The highest BCUT2D eigenvalue weighted by atomic mass is 79.9. The smallest absolute Gasteiger partial charge is 0.0834 e. The number of benzene rings is 1. The molecule has 3 nitrogen and oxygen atoms in total. The topological polar surface area (TPSA) is 29.9 Å². The summed E-state index contributed by atoms with van der Waals surface area (Å²) >= 11 is 9.85. The maximum Gasteiger partial charge on any atom is 0.0834 e. The SMILES string of the molecule is CCCn1ncc(Cl)c1C(Cc1ccc(Br)cc1)NCC. The standard InChI is InChI=1S/C16H21BrClN3/c1-3-9-21-16(14(18)11-20-21)15(19-4-2)10-12-5-7-13(17)8-6-12/h5-8,11,15,19H,3-4,9-10H2,1-2H3. The third-order valence-corrected chi connectivity index (χ3v) is 4.22. The van der Waals surface area contributed by atoms with Gasteiger partial charge in [-0.3, -0.25) is 4.68 Å². The predicted octanol–water partition coefficient (Wildman–Crippen LogP) is 4.60. The Labute approximate surface area is 139 Å². The van der Waals surface area contributed by atoms with Crippen LogP contribution >= 0.6 is 27.5 Å². The molecule has 1 atom stereocenters. The highest BCUT2D eigenvalue weighted by Crippen LogP contribution is 2.26. The van der Waals surface area contributed by atoms with Gasteiger partial charge in [-0.25, -0.2) is 0 Å². The molecule has 0 saturated carbocycles. The van der Waals surface area contributed by atoms with E-state index in [-0.39, 0.29) is 6.04 Å². The van der Waals surface area contributed by atoms with E-state index in [1.54, 1.807) is 6.20 Å². The number of aryl methyl sites for hydroxylation is 1. The van der Waals surface area contributed by atoms with Gasteiger partial charge in [-0.2, -0.15) is 5.10 Å². The molecule has 1 heterocycles. The molecule has 2 rings (SSSR count). The van der Waals surface area contributed by atoms with Gasteiger partial charge >= 0.3 is 0 Å². The number of halogens is 2. The lowest BCUT2D eigenvalue weighted by Crippen LogP contribution is -2.26. The van der Waals surface area contributed by atoms with Gasteiger partial charge in [0.05, 0.1) is 23.0 Å². The second-order valence-electron chi connectivity index (χ2n) is 5.04. The molecule has 0 fully saturated rings. The lowest BCUT2D eigenvalue weighted by molar-refractivity contribution is 0.478. The molecule has 0 aliphatic heterocycles. The van der Waals surface area contributed by atoms with Crippen LogP contribution in [0.2, 0.25) is 5.02 Å². The third kappa shape index (κ3) is 4.31. The van der Waals surface area contributed by atoms with Gasteiger partial charge in [-0.1, -0.05) is 53.5 Å². The first-order chi connectivity index (χ1) is 10.2. The van der Waals surface area contributed by atoms with Gasteiger partial charge in [0, 0.05) is 11.0 Å². The molecule has 0 saturated heterocycles. The summed E-state index contributed by atoms with van der Waals surface area (Å²) in [6.45, 7) is 6.05. The highest BCUT2D eigenvalue weighted by Gasteiger charge is 2.19. The molecule has 0 aliphatic carbocycles. The summed E-state index contributed by atoms with van der Waals surface area (Å²) in [7, 11) is 0. The van der Waals surface area contributed by atoms with Crippen LogP contribution in [0.4, 0.5) is 0 Å². The fourth-order valence-corrected chi connectivity index (χ4v) is 3.01. The van der Waals surface area contributed by atoms with Crippen LogP contribution in [0.1, 0.15) is 37.6 Å². The van der Waals surface area contributed by atoms with Crippen molar-refractivity contribution >= 4 is 27.5 Å². The van der Waals surface area contributed by atoms with Gasteiger partial charge in [0.15, 0.2) is 0 Å². The van der Waals surface area contributed by atoms with E-state index in [1.807, 2.05) is 4.68 Å². The zero-order valence-electron chi connectivity index (χ0n) is 12.4. The Morgan fingerprint density at radius 1 is 1.29 bits per heavy atom. The molecule has 0 bridgehead atoms. The quantitative estimate of drug-likeness (QED) is 0.772. The third-order valence-electron chi connectivity index (χ3n) is 3.40. The van der Waals surface area contributed by atoms with Crippen molar-refractivity contribution < 1.29 is 0 Å². The number of hydrogen-bond donors (Lipinski definition) is 1. The lowest BCUT2D eigenvalue weighted by atomic mass is 10.0. The molecule has 0 amide bonds. The molecule has 5 heteroatoms. The van der Waals surface area contributed by atoms with Crippen LogP contribution in [0.3, 0.4) is 0 Å². The molecule has 0 aliphatic rings. The van der Waals surface area contributed by atoms with Crippen molar-refractivity contribution in [2.45, 2.75) is 39.3 Å². The highest BCUT2D eigenvalue weighted by molar-refractivity contribution is 9.10. The van der Waals surface area contributed by atoms with Gasteiger partial charge in [-0.05, 0) is 37.1 Å². The molecular formula is C16H21BrClN3. The summed E-state index contributed by atoms with van der Waals surface area (Å²) < 4.78 is 3.12. The molecule has 0 radical (unpaired) electrons. The van der Waals surface area contributed by atoms with Gasteiger partial charge in [0.25, 0.3) is 0 Å². The van der Waals surface area contributed by atoms with Crippen molar-refractivity contribution in [1.29, 1.82) is 0 Å². The van der Waals surface area contributed by atoms with E-state index in [0.717, 1.165) is 41.1 Å². The van der Waals surface area contributed by atoms with Gasteiger partial charge in [0.2, 0.25) is 0 Å². The molecule has 21 heavy (non-hydrogen) atoms. The maximum atomic E-state index is 6.37. The number of likely N-dealkylation sites (N-methyl/N-ethyl adjacent to an activating group) is 1. The maximum absolute atomic E-state index is 6.37. The average molecular weight is 371 g/mol. The molecule has 0 spiro atoms. The monoisotopic (exact) mass is 369 g/mol. The zero-order valence-corrected chi connectivity index (χ0v) is 14.8. The van der Waals surface area contributed by atoms with Crippen LogP contribution in [0.5, 0.6) is 0 Å². The molecule has 1 unspecified atom stereocenters. The first kappa shape index (κ1) is 16.5. The Hall–Kier alpha value is -0.840. The van der Waals surface area contributed by atoms with E-state index >= 15 is 0 Å². The minimum atomic E-state index is 0.178. The molecule has 1 aromatic heterocycles. The summed E-state index contributed by atoms with van der Waals surface area (Å²) in [6, 6.07) is 8.61. The van der Waals surface area contributed by atoms with Gasteiger partial charge in [-0.15, -0.1) is 0 Å². The molecule has 114 valence electrons. The van der Waals surface area contributed by atoms with Crippen LogP contribution in [-0.4, -0.2) is 16.3 Å². The van der Waals surface area contributed by atoms with Crippen molar-refractivity contribution in [1.82, 2.24) is 15.1 Å². The van der Waals surface area contributed by atoms with E-state index < -0.39 is 0 Å². The minimum absolute atomic E-state index is 0.178. The fraction of sp³-hybridized carbons (Fsp3) is 0.438. The largest absolute Gasteiger partial charge is 0.309 e. The molecule has 1 aromatic carbocycles. The Balaban J connectivity index is 2.26. The normalized spacial score (nSPS) is 12.6. The van der Waals surface area contributed by atoms with Crippen molar-refractivity contribution in [2.24, 2.45) is 0 Å². The van der Waals surface area contributed by atoms with Crippen molar-refractivity contribution in [3.8, 4) is 0 Å². The number of nitrogens with one attached hydrogen (secondary N) is 1. The van der Waals surface area contributed by atoms with Crippen LogP contribution in [0, 0.1) is 0 Å². The van der Waals surface area contributed by atoms with Crippen LogP contribution in [-0.2, 0) is 13.0 Å². The lowest BCUT2D eigenvalue weighted by Gasteiger charge is -2.20. The Bertz CT molecular complexity index is 565. The van der Waals surface area contributed by atoms with E-state index in [9.17, 15) is 0 Å². The van der Waals surface area contributed by atoms with Crippen LogP contribution in [0.15, 0.2) is 34.9 Å². The number of hydrogen-bond acceptors (Lipinski definition) is 2. The summed E-state index contributed by atoms with van der Waals surface area (Å²) in [4.78, 5) is 0. The summed E-state index contributed by atoms with van der Waals surface area (Å²) in [5, 5.41) is 8.67. The second-order valence-corrected chi connectivity index (χ2v) is 6.36. The Kier molecular flexibility index (Phi) is 6.27. The summed E-state index contributed by atoms with van der Waals surface area (Å²) in [5.74, 6) is 0. The van der Waals surface area contributed by atoms with E-state index in [0.29, 0.717) is 0 Å². The second kappa shape index (κ2) is 7.97. The van der Waals surface area contributed by atoms with E-state index in [4.69, 9.17) is 11.6 Å². The molecular weight excluding hydrogens is 350 g/mol. The number of rotatable bonds is 7. The summed E-state index contributed by atoms with van der Waals surface area (Å²) in [6.07, 6.45) is 3.69. The van der Waals surface area contributed by atoms with Crippen LogP contribution < -0.4 is 5.32 Å². The fourth-order valence-electron chi connectivity index (χ4n) is 2.48. The first-order valence-electron chi connectivity index (χ1n) is 7.34. The molecule has 2 aromatic rings. The molecule has 1 N–H and O–H groups in total.